The van der Waals surface area contributed by atoms with E-state index in [-0.39, 0.29) is 16.9 Å². The summed E-state index contributed by atoms with van der Waals surface area (Å²) >= 11 is 0. The van der Waals surface area contributed by atoms with Crippen molar-refractivity contribution in [2.45, 2.75) is 17.4 Å². The first kappa shape index (κ1) is 19.2. The molecular formula is C17H25N3O5S. The Hall–Kier alpha value is -1.52. The molecule has 2 heterocycles. The molecule has 144 valence electrons. The fourth-order valence-corrected chi connectivity index (χ4v) is 4.50. The number of ether oxygens (including phenoxy) is 2. The molecule has 2 aliphatic heterocycles. The van der Waals surface area contributed by atoms with E-state index in [2.05, 4.69) is 10.6 Å². The highest BCUT2D eigenvalue weighted by Crippen LogP contribution is 2.18. The van der Waals surface area contributed by atoms with Crippen molar-refractivity contribution in [3.8, 4) is 0 Å². The van der Waals surface area contributed by atoms with Gasteiger partial charge in [0.25, 0.3) is 5.91 Å². The maximum Gasteiger partial charge on any atom is 0.251 e. The van der Waals surface area contributed by atoms with E-state index in [0.29, 0.717) is 51.6 Å². The van der Waals surface area contributed by atoms with E-state index < -0.39 is 10.0 Å². The summed E-state index contributed by atoms with van der Waals surface area (Å²) < 4.78 is 37.9. The second-order valence-corrected chi connectivity index (χ2v) is 8.25. The van der Waals surface area contributed by atoms with Gasteiger partial charge < -0.3 is 20.1 Å². The van der Waals surface area contributed by atoms with Crippen LogP contribution in [-0.2, 0) is 19.5 Å². The summed E-state index contributed by atoms with van der Waals surface area (Å²) in [5, 5.41) is 5.96. The fraction of sp³-hybridized carbons (Fsp3) is 0.588. The summed E-state index contributed by atoms with van der Waals surface area (Å²) in [6.45, 7) is 4.19. The van der Waals surface area contributed by atoms with Crippen molar-refractivity contribution in [2.24, 2.45) is 0 Å². The molecular weight excluding hydrogens is 358 g/mol. The highest BCUT2D eigenvalue weighted by Gasteiger charge is 2.26. The highest BCUT2D eigenvalue weighted by atomic mass is 32.2. The van der Waals surface area contributed by atoms with Crippen LogP contribution < -0.4 is 10.6 Å². The Balaban J connectivity index is 1.67. The zero-order chi connectivity index (χ0) is 18.4. The first-order valence-corrected chi connectivity index (χ1v) is 10.3. The van der Waals surface area contributed by atoms with Crippen LogP contribution in [0.5, 0.6) is 0 Å². The van der Waals surface area contributed by atoms with E-state index in [1.165, 1.54) is 16.4 Å². The molecule has 2 saturated heterocycles. The van der Waals surface area contributed by atoms with Gasteiger partial charge in [-0.3, -0.25) is 4.79 Å². The third kappa shape index (κ3) is 4.80. The molecule has 1 aromatic carbocycles. The van der Waals surface area contributed by atoms with Gasteiger partial charge in [0.1, 0.15) is 0 Å². The minimum absolute atomic E-state index is 0.143. The van der Waals surface area contributed by atoms with Crippen molar-refractivity contribution < 1.29 is 22.7 Å². The molecule has 0 bridgehead atoms. The molecule has 0 saturated carbocycles. The number of rotatable bonds is 5. The maximum absolute atomic E-state index is 12.8. The van der Waals surface area contributed by atoms with Gasteiger partial charge in [0.2, 0.25) is 10.0 Å². The van der Waals surface area contributed by atoms with Gasteiger partial charge in [0.05, 0.1) is 30.8 Å². The third-order valence-electron chi connectivity index (χ3n) is 4.41. The van der Waals surface area contributed by atoms with Crippen LogP contribution in [0.3, 0.4) is 0 Å². The molecule has 0 spiro atoms. The van der Waals surface area contributed by atoms with Gasteiger partial charge in [0, 0.05) is 31.7 Å². The fourth-order valence-electron chi connectivity index (χ4n) is 2.97. The van der Waals surface area contributed by atoms with Crippen LogP contribution in [0.15, 0.2) is 29.2 Å². The van der Waals surface area contributed by atoms with E-state index in [0.717, 1.165) is 13.0 Å². The molecule has 1 aromatic rings. The van der Waals surface area contributed by atoms with Crippen LogP contribution in [0.2, 0.25) is 0 Å². The lowest BCUT2D eigenvalue weighted by Gasteiger charge is -2.23. The maximum atomic E-state index is 12.8. The molecule has 9 heteroatoms. The first-order chi connectivity index (χ1) is 12.6. The Morgan fingerprint density at radius 1 is 1.27 bits per heavy atom. The number of sulfonamides is 1. The van der Waals surface area contributed by atoms with Crippen LogP contribution in [0.4, 0.5) is 0 Å². The molecule has 0 aromatic heterocycles. The summed E-state index contributed by atoms with van der Waals surface area (Å²) in [5.74, 6) is -0.325. The number of nitrogens with one attached hydrogen (secondary N) is 2. The Morgan fingerprint density at radius 2 is 2.15 bits per heavy atom. The van der Waals surface area contributed by atoms with Gasteiger partial charge in [-0.15, -0.1) is 0 Å². The minimum atomic E-state index is -3.61. The molecule has 2 fully saturated rings. The van der Waals surface area contributed by atoms with Gasteiger partial charge in [-0.05, 0) is 31.2 Å². The molecule has 26 heavy (non-hydrogen) atoms. The Morgan fingerprint density at radius 3 is 2.96 bits per heavy atom. The van der Waals surface area contributed by atoms with Gasteiger partial charge in [-0.2, -0.15) is 4.31 Å². The average molecular weight is 383 g/mol. The molecule has 3 rings (SSSR count). The van der Waals surface area contributed by atoms with Crippen molar-refractivity contribution in [1.29, 1.82) is 0 Å². The van der Waals surface area contributed by atoms with Crippen molar-refractivity contribution >= 4 is 15.9 Å². The van der Waals surface area contributed by atoms with E-state index in [1.807, 2.05) is 0 Å². The second kappa shape index (κ2) is 8.92. The molecule has 1 atom stereocenters. The van der Waals surface area contributed by atoms with Crippen LogP contribution in [0.25, 0.3) is 0 Å². The van der Waals surface area contributed by atoms with Crippen LogP contribution in [-0.4, -0.2) is 77.3 Å². The molecule has 2 aliphatic rings. The topological polar surface area (TPSA) is 97.0 Å². The largest absolute Gasteiger partial charge is 0.376 e. The highest BCUT2D eigenvalue weighted by molar-refractivity contribution is 7.89. The lowest BCUT2D eigenvalue weighted by atomic mass is 10.2. The van der Waals surface area contributed by atoms with Gasteiger partial charge in [-0.1, -0.05) is 6.07 Å². The van der Waals surface area contributed by atoms with Gasteiger partial charge >= 0.3 is 0 Å². The summed E-state index contributed by atoms with van der Waals surface area (Å²) in [5.41, 5.74) is 0.316. The predicted octanol–water partition coefficient (Wildman–Crippen LogP) is -0.184. The summed E-state index contributed by atoms with van der Waals surface area (Å²) in [6.07, 6.45) is 0.590. The van der Waals surface area contributed by atoms with E-state index in [1.54, 1.807) is 12.1 Å². The molecule has 0 radical (unpaired) electrons. The van der Waals surface area contributed by atoms with E-state index in [9.17, 15) is 13.2 Å². The molecule has 8 nitrogen and oxygen atoms in total. The number of carbonyl (C=O) groups is 1. The molecule has 2 N–H and O–H groups in total. The number of hydrogen-bond acceptors (Lipinski definition) is 6. The zero-order valence-corrected chi connectivity index (χ0v) is 15.5. The number of benzene rings is 1. The van der Waals surface area contributed by atoms with E-state index in [4.69, 9.17) is 9.47 Å². The van der Waals surface area contributed by atoms with Gasteiger partial charge in [-0.25, -0.2) is 8.42 Å². The number of carbonyl (C=O) groups excluding carboxylic acids is 1. The zero-order valence-electron chi connectivity index (χ0n) is 14.6. The van der Waals surface area contributed by atoms with Crippen LogP contribution >= 0.6 is 0 Å². The molecule has 1 unspecified atom stereocenters. The normalized spacial score (nSPS) is 22.5. The quantitative estimate of drug-likeness (QED) is 0.732. The Bertz CT molecular complexity index is 711. The van der Waals surface area contributed by atoms with E-state index >= 15 is 0 Å². The predicted molar refractivity (Wildman–Crippen MR) is 95.6 cm³/mol. The molecule has 0 aliphatic carbocycles. The lowest BCUT2D eigenvalue weighted by molar-refractivity contribution is -0.0855. The molecule has 1 amide bonds. The SMILES string of the molecule is O=C(NCC1COCCO1)c1cccc(S(=O)(=O)N2CCCNCC2)c1. The number of hydrogen-bond donors (Lipinski definition) is 2. The summed E-state index contributed by atoms with van der Waals surface area (Å²) in [6, 6.07) is 6.17. The summed E-state index contributed by atoms with van der Waals surface area (Å²) in [7, 11) is -3.61. The Kier molecular flexibility index (Phi) is 6.60. The standard InChI is InChI=1S/C17H25N3O5S/c21-17(19-12-15-13-24-9-10-25-15)14-3-1-4-16(11-14)26(22,23)20-7-2-5-18-6-8-20/h1,3-4,11,15,18H,2,5-10,12-13H2,(H,19,21). The monoisotopic (exact) mass is 383 g/mol. The van der Waals surface area contributed by atoms with Crippen molar-refractivity contribution in [1.82, 2.24) is 14.9 Å². The van der Waals surface area contributed by atoms with Crippen molar-refractivity contribution in [2.75, 3.05) is 52.5 Å². The van der Waals surface area contributed by atoms with Crippen molar-refractivity contribution in [3.63, 3.8) is 0 Å². The third-order valence-corrected chi connectivity index (χ3v) is 6.30. The Labute approximate surface area is 153 Å². The van der Waals surface area contributed by atoms with Gasteiger partial charge in [0.15, 0.2) is 0 Å². The van der Waals surface area contributed by atoms with Crippen LogP contribution in [0.1, 0.15) is 16.8 Å². The number of amides is 1. The number of nitrogens with zero attached hydrogens (tertiary/aromatic N) is 1. The lowest BCUT2D eigenvalue weighted by Crippen LogP contribution is -2.39. The summed E-state index contributed by atoms with van der Waals surface area (Å²) in [4.78, 5) is 12.5. The van der Waals surface area contributed by atoms with Crippen molar-refractivity contribution in [3.05, 3.63) is 29.8 Å². The second-order valence-electron chi connectivity index (χ2n) is 6.31. The average Bonchev–Trinajstić information content (AvgIpc) is 2.97. The van der Waals surface area contributed by atoms with Crippen LogP contribution in [0, 0.1) is 0 Å². The minimum Gasteiger partial charge on any atom is -0.376 e. The smallest absolute Gasteiger partial charge is 0.251 e. The first-order valence-electron chi connectivity index (χ1n) is 8.86.